The predicted octanol–water partition coefficient (Wildman–Crippen LogP) is 3.05. The molecule has 0 bridgehead atoms. The van der Waals surface area contributed by atoms with Gasteiger partial charge in [0, 0.05) is 12.6 Å². The molecule has 92 valence electrons. The lowest BCUT2D eigenvalue weighted by Gasteiger charge is -2.29. The molecule has 2 heteroatoms. The van der Waals surface area contributed by atoms with Gasteiger partial charge < -0.3 is 10.0 Å². The molecule has 0 aliphatic rings. The summed E-state index contributed by atoms with van der Waals surface area (Å²) in [5.74, 6) is 0. The fraction of sp³-hybridized carbons (Fsp3) is 1.00. The van der Waals surface area contributed by atoms with E-state index in [4.69, 9.17) is 0 Å². The summed E-state index contributed by atoms with van der Waals surface area (Å²) in [5.41, 5.74) is -0.530. The summed E-state index contributed by atoms with van der Waals surface area (Å²) in [6.07, 6.45) is 4.72. The Morgan fingerprint density at radius 2 is 1.73 bits per heavy atom. The highest BCUT2D eigenvalue weighted by Crippen LogP contribution is 2.11. The second-order valence-electron chi connectivity index (χ2n) is 5.40. The molecule has 0 rings (SSSR count). The summed E-state index contributed by atoms with van der Waals surface area (Å²) < 4.78 is 0. The van der Waals surface area contributed by atoms with Crippen molar-refractivity contribution in [1.29, 1.82) is 0 Å². The molecule has 1 N–H and O–H groups in total. The molecule has 0 amide bonds. The summed E-state index contributed by atoms with van der Waals surface area (Å²) in [7, 11) is 0. The quantitative estimate of drug-likeness (QED) is 0.629. The van der Waals surface area contributed by atoms with E-state index in [-0.39, 0.29) is 0 Å². The van der Waals surface area contributed by atoms with Crippen LogP contribution in [0.15, 0.2) is 0 Å². The van der Waals surface area contributed by atoms with Gasteiger partial charge in [-0.15, -0.1) is 0 Å². The van der Waals surface area contributed by atoms with E-state index < -0.39 is 5.60 Å². The van der Waals surface area contributed by atoms with Crippen LogP contribution in [0.2, 0.25) is 0 Å². The summed E-state index contributed by atoms with van der Waals surface area (Å²) in [6.45, 7) is 12.6. The first-order valence-corrected chi connectivity index (χ1v) is 6.33. The molecule has 15 heavy (non-hydrogen) atoms. The number of unbranched alkanes of at least 4 members (excludes halogenated alkanes) is 2. The minimum Gasteiger partial charge on any atom is -0.390 e. The fourth-order valence-electron chi connectivity index (χ4n) is 1.61. The van der Waals surface area contributed by atoms with Gasteiger partial charge in [0.05, 0.1) is 5.60 Å². The van der Waals surface area contributed by atoms with Gasteiger partial charge in [-0.1, -0.05) is 19.8 Å². The average molecular weight is 215 g/mol. The number of aliphatic hydroxyl groups is 1. The Labute approximate surface area is 95.7 Å². The molecule has 0 saturated carbocycles. The molecule has 0 aromatic rings. The number of hydrogen-bond donors (Lipinski definition) is 1. The average Bonchev–Trinajstić information content (AvgIpc) is 2.08. The van der Waals surface area contributed by atoms with Crippen molar-refractivity contribution < 1.29 is 5.11 Å². The molecule has 0 atom stereocenters. The van der Waals surface area contributed by atoms with Gasteiger partial charge in [0.2, 0.25) is 0 Å². The fourth-order valence-corrected chi connectivity index (χ4v) is 1.61. The maximum Gasteiger partial charge on any atom is 0.0603 e. The molecule has 0 spiro atoms. The Kier molecular flexibility index (Phi) is 7.20. The Bertz CT molecular complexity index is 149. The largest absolute Gasteiger partial charge is 0.390 e. The van der Waals surface area contributed by atoms with Crippen LogP contribution in [0.1, 0.15) is 60.3 Å². The minimum atomic E-state index is -0.530. The first kappa shape index (κ1) is 14.9. The van der Waals surface area contributed by atoms with E-state index in [1.54, 1.807) is 0 Å². The third-order valence-corrected chi connectivity index (χ3v) is 2.79. The van der Waals surface area contributed by atoms with Crippen molar-refractivity contribution in [1.82, 2.24) is 4.90 Å². The van der Waals surface area contributed by atoms with Crippen molar-refractivity contribution in [3.8, 4) is 0 Å². The van der Waals surface area contributed by atoms with Gasteiger partial charge in [0.25, 0.3) is 0 Å². The molecule has 0 radical (unpaired) electrons. The normalized spacial score (nSPS) is 12.8. The lowest BCUT2D eigenvalue weighted by molar-refractivity contribution is 0.0529. The van der Waals surface area contributed by atoms with Gasteiger partial charge in [0.1, 0.15) is 0 Å². The topological polar surface area (TPSA) is 23.5 Å². The van der Waals surface area contributed by atoms with E-state index in [2.05, 4.69) is 25.7 Å². The number of hydrogen-bond acceptors (Lipinski definition) is 2. The van der Waals surface area contributed by atoms with Gasteiger partial charge in [-0.25, -0.2) is 0 Å². The maximum atomic E-state index is 9.69. The van der Waals surface area contributed by atoms with E-state index in [0.29, 0.717) is 6.04 Å². The third kappa shape index (κ3) is 8.88. The first-order chi connectivity index (χ1) is 6.87. The second kappa shape index (κ2) is 7.24. The summed E-state index contributed by atoms with van der Waals surface area (Å²) in [5, 5.41) is 9.69. The van der Waals surface area contributed by atoms with Crippen molar-refractivity contribution in [2.75, 3.05) is 13.1 Å². The molecule has 0 aromatic carbocycles. The van der Waals surface area contributed by atoms with E-state index in [0.717, 1.165) is 13.0 Å². The van der Waals surface area contributed by atoms with Gasteiger partial charge in [-0.2, -0.15) is 0 Å². The smallest absolute Gasteiger partial charge is 0.0603 e. The van der Waals surface area contributed by atoms with Gasteiger partial charge in [0.15, 0.2) is 0 Å². The molecular formula is C13H29NO. The van der Waals surface area contributed by atoms with Crippen molar-refractivity contribution in [3.05, 3.63) is 0 Å². The molecule has 2 nitrogen and oxygen atoms in total. The van der Waals surface area contributed by atoms with Crippen molar-refractivity contribution >= 4 is 0 Å². The van der Waals surface area contributed by atoms with Crippen LogP contribution >= 0.6 is 0 Å². The highest BCUT2D eigenvalue weighted by atomic mass is 16.3. The zero-order valence-corrected chi connectivity index (χ0v) is 11.2. The Morgan fingerprint density at radius 3 is 2.13 bits per heavy atom. The van der Waals surface area contributed by atoms with Crippen LogP contribution in [0.3, 0.4) is 0 Å². The SMILES string of the molecule is CCCCCN(CCC(C)(C)O)C(C)C. The molecule has 0 heterocycles. The molecular weight excluding hydrogens is 186 g/mol. The van der Waals surface area contributed by atoms with E-state index in [1.807, 2.05) is 13.8 Å². The summed E-state index contributed by atoms with van der Waals surface area (Å²) in [4.78, 5) is 2.47. The van der Waals surface area contributed by atoms with Gasteiger partial charge >= 0.3 is 0 Å². The van der Waals surface area contributed by atoms with Crippen LogP contribution < -0.4 is 0 Å². The van der Waals surface area contributed by atoms with Crippen molar-refractivity contribution in [3.63, 3.8) is 0 Å². The molecule has 0 unspecified atom stereocenters. The van der Waals surface area contributed by atoms with Crippen molar-refractivity contribution in [2.24, 2.45) is 0 Å². The number of nitrogens with zero attached hydrogens (tertiary/aromatic N) is 1. The van der Waals surface area contributed by atoms with E-state index in [9.17, 15) is 5.11 Å². The minimum absolute atomic E-state index is 0.530. The van der Waals surface area contributed by atoms with Gasteiger partial charge in [-0.3, -0.25) is 0 Å². The third-order valence-electron chi connectivity index (χ3n) is 2.79. The Balaban J connectivity index is 3.84. The van der Waals surface area contributed by atoms with Crippen LogP contribution in [0.4, 0.5) is 0 Å². The van der Waals surface area contributed by atoms with Crippen molar-refractivity contribution in [2.45, 2.75) is 71.9 Å². The summed E-state index contributed by atoms with van der Waals surface area (Å²) >= 11 is 0. The lowest BCUT2D eigenvalue weighted by Crippen LogP contribution is -2.36. The van der Waals surface area contributed by atoms with Crippen LogP contribution in [0.5, 0.6) is 0 Å². The number of rotatable bonds is 8. The first-order valence-electron chi connectivity index (χ1n) is 6.33. The molecule has 0 saturated heterocycles. The molecule has 0 aliphatic heterocycles. The highest BCUT2D eigenvalue weighted by molar-refractivity contribution is 4.70. The lowest BCUT2D eigenvalue weighted by atomic mass is 10.0. The zero-order valence-electron chi connectivity index (χ0n) is 11.2. The second-order valence-corrected chi connectivity index (χ2v) is 5.40. The standard InChI is InChI=1S/C13H29NO/c1-6-7-8-10-14(12(2)3)11-9-13(4,5)15/h12,15H,6-11H2,1-5H3. The van der Waals surface area contributed by atoms with E-state index in [1.165, 1.54) is 25.8 Å². The van der Waals surface area contributed by atoms with E-state index >= 15 is 0 Å². The molecule has 0 aliphatic carbocycles. The van der Waals surface area contributed by atoms with Crippen LogP contribution in [-0.4, -0.2) is 34.7 Å². The highest BCUT2D eigenvalue weighted by Gasteiger charge is 2.16. The summed E-state index contributed by atoms with van der Waals surface area (Å²) in [6, 6.07) is 0.587. The van der Waals surface area contributed by atoms with Crippen LogP contribution in [0, 0.1) is 0 Å². The van der Waals surface area contributed by atoms with Crippen LogP contribution in [0.25, 0.3) is 0 Å². The Hall–Kier alpha value is -0.0800. The molecule has 0 fully saturated rings. The zero-order chi connectivity index (χ0) is 11.9. The molecule has 0 aromatic heterocycles. The monoisotopic (exact) mass is 215 g/mol. The predicted molar refractivity (Wildman–Crippen MR) is 67.1 cm³/mol. The maximum absolute atomic E-state index is 9.69. The Morgan fingerprint density at radius 1 is 1.13 bits per heavy atom. The van der Waals surface area contributed by atoms with Crippen LogP contribution in [-0.2, 0) is 0 Å². The van der Waals surface area contributed by atoms with Gasteiger partial charge in [-0.05, 0) is 47.1 Å².